The van der Waals surface area contributed by atoms with Gasteiger partial charge < -0.3 is 15.2 Å². The van der Waals surface area contributed by atoms with E-state index in [0.29, 0.717) is 24.4 Å². The molecule has 0 bridgehead atoms. The molecule has 1 amide bonds. The van der Waals surface area contributed by atoms with E-state index in [4.69, 9.17) is 10.5 Å². The van der Waals surface area contributed by atoms with Gasteiger partial charge in [0.15, 0.2) is 0 Å². The maximum atomic E-state index is 12.2. The number of benzene rings is 1. The highest BCUT2D eigenvalue weighted by atomic mass is 16.6. The zero-order valence-corrected chi connectivity index (χ0v) is 12.9. The van der Waals surface area contributed by atoms with Crippen LogP contribution in [0.2, 0.25) is 0 Å². The molecule has 1 heterocycles. The van der Waals surface area contributed by atoms with Gasteiger partial charge in [-0.25, -0.2) is 9.48 Å². The van der Waals surface area contributed by atoms with Crippen LogP contribution in [0.15, 0.2) is 41.2 Å². The molecule has 122 valence electrons. The highest BCUT2D eigenvalue weighted by Gasteiger charge is 2.09. The standard InChI is InChI=1S/C16H19N3O4/c1-2-13-14(22-8-9-23-16(17)21)10-15(20)19(18-13)11-12-6-4-3-5-7-12/h3-7,10H,2,8-9,11H2,1H3,(H2,17,21). The molecule has 0 fully saturated rings. The van der Waals surface area contributed by atoms with Crippen molar-refractivity contribution in [3.8, 4) is 5.75 Å². The van der Waals surface area contributed by atoms with E-state index in [-0.39, 0.29) is 18.8 Å². The Morgan fingerprint density at radius 2 is 2.00 bits per heavy atom. The number of nitrogens with zero attached hydrogens (tertiary/aromatic N) is 2. The van der Waals surface area contributed by atoms with Crippen LogP contribution in [-0.4, -0.2) is 29.1 Å². The Labute approximate surface area is 133 Å². The Balaban J connectivity index is 2.11. The van der Waals surface area contributed by atoms with Crippen LogP contribution in [0.3, 0.4) is 0 Å². The summed E-state index contributed by atoms with van der Waals surface area (Å²) in [6.07, 6.45) is -0.248. The zero-order valence-electron chi connectivity index (χ0n) is 12.9. The van der Waals surface area contributed by atoms with Crippen molar-refractivity contribution in [2.45, 2.75) is 19.9 Å². The molecule has 0 aliphatic rings. The molecule has 1 aromatic heterocycles. The van der Waals surface area contributed by atoms with Gasteiger partial charge in [-0.3, -0.25) is 4.79 Å². The lowest BCUT2D eigenvalue weighted by Gasteiger charge is -2.12. The summed E-state index contributed by atoms with van der Waals surface area (Å²) in [6.45, 7) is 2.45. The molecule has 0 saturated heterocycles. The third-order valence-corrected chi connectivity index (χ3v) is 3.13. The van der Waals surface area contributed by atoms with Gasteiger partial charge in [0.25, 0.3) is 5.56 Å². The zero-order chi connectivity index (χ0) is 16.7. The van der Waals surface area contributed by atoms with Gasteiger partial charge >= 0.3 is 6.09 Å². The smallest absolute Gasteiger partial charge is 0.404 e. The van der Waals surface area contributed by atoms with E-state index in [1.54, 1.807) is 0 Å². The SMILES string of the molecule is CCc1nn(Cc2ccccc2)c(=O)cc1OCCOC(N)=O. The summed E-state index contributed by atoms with van der Waals surface area (Å²) in [5.74, 6) is 0.398. The molecule has 0 spiro atoms. The minimum absolute atomic E-state index is 0.0194. The number of carbonyl (C=O) groups excluding carboxylic acids is 1. The molecule has 0 atom stereocenters. The van der Waals surface area contributed by atoms with Crippen LogP contribution in [0.25, 0.3) is 0 Å². The molecule has 0 radical (unpaired) electrons. The molecule has 0 aliphatic heterocycles. The Morgan fingerprint density at radius 3 is 2.65 bits per heavy atom. The van der Waals surface area contributed by atoms with E-state index in [1.165, 1.54) is 10.7 Å². The molecule has 7 nitrogen and oxygen atoms in total. The van der Waals surface area contributed by atoms with Crippen molar-refractivity contribution in [1.29, 1.82) is 0 Å². The quantitative estimate of drug-likeness (QED) is 0.777. The first-order valence-corrected chi connectivity index (χ1v) is 7.30. The van der Waals surface area contributed by atoms with Crippen LogP contribution in [0.5, 0.6) is 5.75 Å². The highest BCUT2D eigenvalue weighted by molar-refractivity contribution is 5.64. The van der Waals surface area contributed by atoms with Crippen LogP contribution in [0, 0.1) is 0 Å². The molecule has 1 aromatic carbocycles. The van der Waals surface area contributed by atoms with E-state index in [2.05, 4.69) is 9.84 Å². The molecule has 7 heteroatoms. The third-order valence-electron chi connectivity index (χ3n) is 3.13. The number of ether oxygens (including phenoxy) is 2. The number of rotatable bonds is 7. The molecular weight excluding hydrogens is 298 g/mol. The number of aromatic nitrogens is 2. The largest absolute Gasteiger partial charge is 0.488 e. The Bertz CT molecular complexity index is 713. The number of amides is 1. The first-order valence-electron chi connectivity index (χ1n) is 7.30. The van der Waals surface area contributed by atoms with Gasteiger partial charge in [0.05, 0.1) is 6.54 Å². The van der Waals surface area contributed by atoms with Crippen LogP contribution in [0.4, 0.5) is 4.79 Å². The lowest BCUT2D eigenvalue weighted by molar-refractivity contribution is 0.133. The van der Waals surface area contributed by atoms with Crippen molar-refractivity contribution in [3.63, 3.8) is 0 Å². The summed E-state index contributed by atoms with van der Waals surface area (Å²) in [4.78, 5) is 22.7. The van der Waals surface area contributed by atoms with E-state index in [0.717, 1.165) is 5.56 Å². The van der Waals surface area contributed by atoms with Gasteiger partial charge in [-0.05, 0) is 12.0 Å². The van der Waals surface area contributed by atoms with Crippen molar-refractivity contribution in [1.82, 2.24) is 9.78 Å². The van der Waals surface area contributed by atoms with Crippen LogP contribution < -0.4 is 16.0 Å². The highest BCUT2D eigenvalue weighted by Crippen LogP contribution is 2.14. The van der Waals surface area contributed by atoms with Crippen molar-refractivity contribution in [2.24, 2.45) is 5.73 Å². The Hall–Kier alpha value is -2.83. The number of carbonyl (C=O) groups is 1. The van der Waals surface area contributed by atoms with Crippen LogP contribution in [-0.2, 0) is 17.7 Å². The molecule has 0 aliphatic carbocycles. The van der Waals surface area contributed by atoms with Gasteiger partial charge in [-0.2, -0.15) is 5.10 Å². The Kier molecular flexibility index (Phi) is 5.74. The van der Waals surface area contributed by atoms with Crippen molar-refractivity contribution in [2.75, 3.05) is 13.2 Å². The maximum absolute atomic E-state index is 12.2. The molecule has 0 saturated carbocycles. The lowest BCUT2D eigenvalue weighted by Crippen LogP contribution is -2.25. The maximum Gasteiger partial charge on any atom is 0.404 e. The van der Waals surface area contributed by atoms with Gasteiger partial charge in [-0.1, -0.05) is 37.3 Å². The van der Waals surface area contributed by atoms with Crippen molar-refractivity contribution >= 4 is 6.09 Å². The van der Waals surface area contributed by atoms with E-state index >= 15 is 0 Å². The van der Waals surface area contributed by atoms with Crippen LogP contribution >= 0.6 is 0 Å². The van der Waals surface area contributed by atoms with Gasteiger partial charge in [-0.15, -0.1) is 0 Å². The van der Waals surface area contributed by atoms with Crippen molar-refractivity contribution in [3.05, 3.63) is 58.0 Å². The molecule has 2 N–H and O–H groups in total. The summed E-state index contributed by atoms with van der Waals surface area (Å²) in [5.41, 5.74) is 6.27. The summed E-state index contributed by atoms with van der Waals surface area (Å²) in [5, 5.41) is 4.35. The van der Waals surface area contributed by atoms with E-state index in [9.17, 15) is 9.59 Å². The average Bonchev–Trinajstić information content (AvgIpc) is 2.54. The first-order chi connectivity index (χ1) is 11.1. The lowest BCUT2D eigenvalue weighted by atomic mass is 10.2. The predicted molar refractivity (Wildman–Crippen MR) is 84.4 cm³/mol. The molecule has 2 rings (SSSR count). The fourth-order valence-corrected chi connectivity index (χ4v) is 2.05. The van der Waals surface area contributed by atoms with Gasteiger partial charge in [0.2, 0.25) is 0 Å². The fraction of sp³-hybridized carbons (Fsp3) is 0.312. The average molecular weight is 317 g/mol. The number of nitrogens with two attached hydrogens (primary N) is 1. The molecular formula is C16H19N3O4. The molecule has 0 unspecified atom stereocenters. The number of hydrogen-bond donors (Lipinski definition) is 1. The Morgan fingerprint density at radius 1 is 1.26 bits per heavy atom. The minimum atomic E-state index is -0.860. The van der Waals surface area contributed by atoms with Crippen molar-refractivity contribution < 1.29 is 14.3 Å². The second-order valence-electron chi connectivity index (χ2n) is 4.81. The topological polar surface area (TPSA) is 96.4 Å². The van der Waals surface area contributed by atoms with Gasteiger partial charge in [0, 0.05) is 6.07 Å². The number of aryl methyl sites for hydroxylation is 1. The van der Waals surface area contributed by atoms with E-state index < -0.39 is 6.09 Å². The van der Waals surface area contributed by atoms with Gasteiger partial charge in [0.1, 0.15) is 24.7 Å². The van der Waals surface area contributed by atoms with E-state index in [1.807, 2.05) is 37.3 Å². The minimum Gasteiger partial charge on any atom is -0.488 e. The van der Waals surface area contributed by atoms with Crippen LogP contribution in [0.1, 0.15) is 18.2 Å². The number of primary amides is 1. The fourth-order valence-electron chi connectivity index (χ4n) is 2.05. The second kappa shape index (κ2) is 7.98. The summed E-state index contributed by atoms with van der Waals surface area (Å²) in [7, 11) is 0. The predicted octanol–water partition coefficient (Wildman–Crippen LogP) is 1.33. The normalized spacial score (nSPS) is 10.3. The summed E-state index contributed by atoms with van der Waals surface area (Å²) in [6, 6.07) is 11.0. The monoisotopic (exact) mass is 317 g/mol. The number of hydrogen-bond acceptors (Lipinski definition) is 5. The second-order valence-corrected chi connectivity index (χ2v) is 4.81. The summed E-state index contributed by atoms with van der Waals surface area (Å²) >= 11 is 0. The molecule has 2 aromatic rings. The third kappa shape index (κ3) is 4.84. The summed E-state index contributed by atoms with van der Waals surface area (Å²) < 4.78 is 11.4. The first kappa shape index (κ1) is 16.5. The molecule has 23 heavy (non-hydrogen) atoms.